The third kappa shape index (κ3) is 6.57. The molecule has 49 heavy (non-hydrogen) atoms. The van der Waals surface area contributed by atoms with Crippen LogP contribution in [-0.2, 0) is 13.0 Å². The van der Waals surface area contributed by atoms with Gasteiger partial charge in [-0.15, -0.1) is 0 Å². The molecule has 0 saturated carbocycles. The molecule has 2 atom stereocenters. The number of nitrogens with zero attached hydrogens (tertiary/aromatic N) is 6. The van der Waals surface area contributed by atoms with E-state index in [4.69, 9.17) is 4.98 Å². The van der Waals surface area contributed by atoms with Crippen molar-refractivity contribution in [3.63, 3.8) is 0 Å². The number of aliphatic hydroxyl groups is 1. The maximum absolute atomic E-state index is 14.2. The number of benzene rings is 3. The van der Waals surface area contributed by atoms with E-state index in [0.29, 0.717) is 31.9 Å². The van der Waals surface area contributed by atoms with Gasteiger partial charge in [0.25, 0.3) is 5.91 Å². The zero-order valence-corrected chi connectivity index (χ0v) is 28.1. The fourth-order valence-corrected chi connectivity index (χ4v) is 7.70. The summed E-state index contributed by atoms with van der Waals surface area (Å²) in [6.45, 7) is 12.6. The van der Waals surface area contributed by atoms with Gasteiger partial charge in [-0.25, -0.2) is 4.98 Å². The van der Waals surface area contributed by atoms with Crippen molar-refractivity contribution in [2.24, 2.45) is 0 Å². The van der Waals surface area contributed by atoms with Crippen molar-refractivity contribution in [1.82, 2.24) is 15.2 Å². The molecular formula is C39H44N8O2. The summed E-state index contributed by atoms with van der Waals surface area (Å²) in [4.78, 5) is 28.1. The molecule has 0 spiro atoms. The van der Waals surface area contributed by atoms with Crippen molar-refractivity contribution in [1.29, 1.82) is 5.26 Å². The Labute approximate surface area is 288 Å². The quantitative estimate of drug-likeness (QED) is 0.233. The molecule has 4 aromatic rings. The molecule has 3 aromatic carbocycles. The van der Waals surface area contributed by atoms with Gasteiger partial charge in [-0.3, -0.25) is 9.69 Å². The zero-order valence-electron chi connectivity index (χ0n) is 28.1. The van der Waals surface area contributed by atoms with E-state index in [-0.39, 0.29) is 18.4 Å². The van der Waals surface area contributed by atoms with Crippen molar-refractivity contribution in [2.75, 3.05) is 72.4 Å². The number of carbonyl (C=O) groups excluding carboxylic acids is 1. The third-order valence-corrected chi connectivity index (χ3v) is 10.2. The van der Waals surface area contributed by atoms with Gasteiger partial charge in [0.2, 0.25) is 0 Å². The monoisotopic (exact) mass is 656 g/mol. The average molecular weight is 657 g/mol. The van der Waals surface area contributed by atoms with Crippen LogP contribution in [0.15, 0.2) is 79.4 Å². The zero-order chi connectivity index (χ0) is 33.9. The fraction of sp³-hybridized carbons (Fsp3) is 0.359. The van der Waals surface area contributed by atoms with E-state index in [1.165, 1.54) is 28.1 Å². The number of amides is 1. The maximum Gasteiger partial charge on any atom is 0.274 e. The highest BCUT2D eigenvalue weighted by Crippen LogP contribution is 2.37. The summed E-state index contributed by atoms with van der Waals surface area (Å²) in [7, 11) is 0. The van der Waals surface area contributed by atoms with Crippen LogP contribution in [0.3, 0.4) is 0 Å². The van der Waals surface area contributed by atoms with Gasteiger partial charge in [0.15, 0.2) is 0 Å². The Kier molecular flexibility index (Phi) is 9.49. The van der Waals surface area contributed by atoms with E-state index in [1.54, 1.807) is 0 Å². The molecule has 1 aromatic heterocycles. The van der Waals surface area contributed by atoms with E-state index in [1.807, 2.05) is 29.2 Å². The lowest BCUT2D eigenvalue weighted by Gasteiger charge is -2.44. The van der Waals surface area contributed by atoms with Gasteiger partial charge in [-0.05, 0) is 54.6 Å². The second-order valence-corrected chi connectivity index (χ2v) is 13.1. The number of anilines is 4. The van der Waals surface area contributed by atoms with Crippen molar-refractivity contribution in [3.8, 4) is 6.07 Å². The molecule has 3 aliphatic heterocycles. The van der Waals surface area contributed by atoms with Crippen molar-refractivity contribution < 1.29 is 9.90 Å². The van der Waals surface area contributed by atoms with Crippen LogP contribution in [0, 0.1) is 18.3 Å². The van der Waals surface area contributed by atoms with Crippen molar-refractivity contribution in [2.45, 2.75) is 38.6 Å². The number of fused-ring (bicyclic) bond motifs is 2. The molecular weight excluding hydrogens is 612 g/mol. The lowest BCUT2D eigenvalue weighted by atomic mass is 9.97. The van der Waals surface area contributed by atoms with Crippen LogP contribution in [0.1, 0.15) is 33.7 Å². The summed E-state index contributed by atoms with van der Waals surface area (Å²) < 4.78 is 0. The standard InChI is InChI=1S/C39H44N8O2/c1-3-37(48)47-23-22-46(25-29(47)14-16-40)36-24-32(39(49)43-31-11-4-5-12-34(31)44-20-17-41-18-21-44)42-33-26-45(19-15-30(33)36)35-13-7-10-28-9-6-8-27(2)38(28)35/h3-13,24,29,37,41,48H,1,14-15,17-23,25-26H2,2H3,(H,43,49)/t29-,37?/m0/s1. The minimum atomic E-state index is -0.818. The van der Waals surface area contributed by atoms with E-state index >= 15 is 0 Å². The first-order valence-electron chi connectivity index (χ1n) is 17.3. The Morgan fingerprint density at radius 3 is 2.59 bits per heavy atom. The van der Waals surface area contributed by atoms with Gasteiger partial charge in [-0.2, -0.15) is 5.26 Å². The van der Waals surface area contributed by atoms with E-state index in [9.17, 15) is 15.2 Å². The summed E-state index contributed by atoms with van der Waals surface area (Å²) in [6, 6.07) is 24.9. The summed E-state index contributed by atoms with van der Waals surface area (Å²) in [5.41, 5.74) is 7.55. The summed E-state index contributed by atoms with van der Waals surface area (Å²) in [6.07, 6.45) is 1.74. The van der Waals surface area contributed by atoms with Gasteiger partial charge in [0.1, 0.15) is 11.9 Å². The molecule has 2 fully saturated rings. The Morgan fingerprint density at radius 2 is 1.80 bits per heavy atom. The maximum atomic E-state index is 14.2. The van der Waals surface area contributed by atoms with Crippen molar-refractivity contribution in [3.05, 3.63) is 102 Å². The van der Waals surface area contributed by atoms with Crippen LogP contribution in [0.5, 0.6) is 0 Å². The van der Waals surface area contributed by atoms with E-state index in [2.05, 4.69) is 87.4 Å². The number of hydrogen-bond donors (Lipinski definition) is 3. The lowest BCUT2D eigenvalue weighted by molar-refractivity contribution is 0.00445. The van der Waals surface area contributed by atoms with E-state index in [0.717, 1.165) is 67.5 Å². The Bertz CT molecular complexity index is 1890. The summed E-state index contributed by atoms with van der Waals surface area (Å²) in [5, 5.41) is 29.4. The molecule has 0 radical (unpaired) electrons. The van der Waals surface area contributed by atoms with Gasteiger partial charge < -0.3 is 30.4 Å². The molecule has 10 nitrogen and oxygen atoms in total. The first kappa shape index (κ1) is 32.6. The summed E-state index contributed by atoms with van der Waals surface area (Å²) in [5.74, 6) is -0.251. The molecule has 4 heterocycles. The lowest BCUT2D eigenvalue weighted by Crippen LogP contribution is -2.56. The second kappa shape index (κ2) is 14.3. The van der Waals surface area contributed by atoms with Crippen LogP contribution in [0.2, 0.25) is 0 Å². The average Bonchev–Trinajstić information content (AvgIpc) is 3.14. The SMILES string of the molecule is C=CC(O)N1CCN(c2cc(C(=O)Nc3ccccc3N3CCNCC3)nc3c2CCN(c2cccc4cccc(C)c24)C3)C[C@@H]1CC#N. The largest absolute Gasteiger partial charge is 0.375 e. The number of para-hydroxylation sites is 2. The normalized spacial score (nSPS) is 18.9. The molecule has 3 N–H and O–H groups in total. The van der Waals surface area contributed by atoms with Gasteiger partial charge in [0.05, 0.1) is 36.1 Å². The number of piperazine rings is 2. The minimum Gasteiger partial charge on any atom is -0.375 e. The fourth-order valence-electron chi connectivity index (χ4n) is 7.70. The predicted octanol–water partition coefficient (Wildman–Crippen LogP) is 4.68. The first-order chi connectivity index (χ1) is 23.9. The smallest absolute Gasteiger partial charge is 0.274 e. The topological polar surface area (TPSA) is 111 Å². The molecule has 0 aliphatic carbocycles. The Balaban J connectivity index is 1.26. The van der Waals surface area contributed by atoms with Crippen molar-refractivity contribution >= 4 is 39.4 Å². The van der Waals surface area contributed by atoms with Gasteiger partial charge in [0, 0.05) is 80.7 Å². The number of aromatic nitrogens is 1. The number of carbonyl (C=O) groups is 1. The van der Waals surface area contributed by atoms with Gasteiger partial charge in [-0.1, -0.05) is 49.0 Å². The molecule has 3 aliphatic rings. The highest BCUT2D eigenvalue weighted by Gasteiger charge is 2.33. The van der Waals surface area contributed by atoms with Crippen LogP contribution in [0.25, 0.3) is 10.8 Å². The van der Waals surface area contributed by atoms with Crippen LogP contribution < -0.4 is 25.3 Å². The molecule has 1 unspecified atom stereocenters. The number of aryl methyl sites for hydroxylation is 1. The highest BCUT2D eigenvalue weighted by atomic mass is 16.3. The molecule has 10 heteroatoms. The van der Waals surface area contributed by atoms with Crippen LogP contribution >= 0.6 is 0 Å². The summed E-state index contributed by atoms with van der Waals surface area (Å²) >= 11 is 0. The number of pyridine rings is 1. The van der Waals surface area contributed by atoms with E-state index < -0.39 is 6.23 Å². The Morgan fingerprint density at radius 1 is 1.02 bits per heavy atom. The number of hydrogen-bond acceptors (Lipinski definition) is 9. The number of rotatable bonds is 8. The highest BCUT2D eigenvalue weighted by molar-refractivity contribution is 6.05. The molecule has 2 saturated heterocycles. The number of nitrogens with one attached hydrogen (secondary N) is 2. The molecule has 252 valence electrons. The number of aliphatic hydroxyl groups excluding tert-OH is 1. The van der Waals surface area contributed by atoms with Crippen LogP contribution in [0.4, 0.5) is 22.7 Å². The number of nitriles is 1. The predicted molar refractivity (Wildman–Crippen MR) is 196 cm³/mol. The van der Waals surface area contributed by atoms with Crippen LogP contribution in [-0.4, -0.2) is 85.5 Å². The third-order valence-electron chi connectivity index (χ3n) is 10.2. The second-order valence-electron chi connectivity index (χ2n) is 13.1. The minimum absolute atomic E-state index is 0.183. The molecule has 7 rings (SSSR count). The molecule has 1 amide bonds. The Hall–Kier alpha value is -4.95. The van der Waals surface area contributed by atoms with Gasteiger partial charge >= 0.3 is 0 Å². The first-order valence-corrected chi connectivity index (χ1v) is 17.3. The molecule has 0 bridgehead atoms.